The molecule has 0 aromatic carbocycles. The van der Waals surface area contributed by atoms with Crippen LogP contribution >= 0.6 is 36.6 Å². The Morgan fingerprint density at radius 3 is 2.96 bits per heavy atom. The second-order valence-corrected chi connectivity index (χ2v) is 5.94. The number of hydrogen-bond acceptors (Lipinski definition) is 5. The van der Waals surface area contributed by atoms with Crippen molar-refractivity contribution >= 4 is 64.8 Å². The molecule has 0 radical (unpaired) electrons. The van der Waals surface area contributed by atoms with Gasteiger partial charge < -0.3 is 14.7 Å². The summed E-state index contributed by atoms with van der Waals surface area (Å²) < 4.78 is 5.24. The Bertz CT molecular complexity index is 935. The minimum absolute atomic E-state index is 0. The maximum atomic E-state index is 12.0. The number of aliphatic imine (C=N–C) groups is 1. The van der Waals surface area contributed by atoms with Crippen LogP contribution in [-0.4, -0.2) is 21.0 Å². The summed E-state index contributed by atoms with van der Waals surface area (Å²) in [5, 5.41) is 4.66. The van der Waals surface area contributed by atoms with Crippen LogP contribution in [0.2, 0.25) is 0 Å². The highest BCUT2D eigenvalue weighted by Gasteiger charge is 2.22. The van der Waals surface area contributed by atoms with E-state index in [1.807, 2.05) is 36.5 Å². The van der Waals surface area contributed by atoms with Crippen molar-refractivity contribution in [3.05, 3.63) is 59.2 Å². The van der Waals surface area contributed by atoms with E-state index in [0.29, 0.717) is 16.6 Å². The van der Waals surface area contributed by atoms with E-state index in [2.05, 4.69) is 20.3 Å². The Hall–Kier alpha value is -2.22. The molecule has 4 heterocycles. The van der Waals surface area contributed by atoms with E-state index >= 15 is 0 Å². The van der Waals surface area contributed by atoms with Gasteiger partial charge in [0, 0.05) is 23.3 Å². The molecule has 0 saturated carbocycles. The number of nitrogens with zero attached hydrogens (tertiary/aromatic N) is 2. The molecule has 4 rings (SSSR count). The molecule has 0 unspecified atom stereocenters. The maximum Gasteiger partial charge on any atom is 0.286 e. The Morgan fingerprint density at radius 2 is 2.16 bits per heavy atom. The summed E-state index contributed by atoms with van der Waals surface area (Å²) in [5.41, 5.74) is 1.72. The molecule has 0 aliphatic carbocycles. The van der Waals surface area contributed by atoms with E-state index in [1.165, 1.54) is 11.8 Å². The molecule has 0 bridgehead atoms. The molecule has 1 amide bonds. The van der Waals surface area contributed by atoms with Crippen molar-refractivity contribution in [2.75, 3.05) is 0 Å². The predicted molar refractivity (Wildman–Crippen MR) is 104 cm³/mol. The van der Waals surface area contributed by atoms with Gasteiger partial charge in [-0.3, -0.25) is 4.79 Å². The number of fused-ring (bicyclic) bond motifs is 1. The van der Waals surface area contributed by atoms with Gasteiger partial charge in [0.1, 0.15) is 11.4 Å². The Labute approximate surface area is 160 Å². The standard InChI is InChI=1S/C16H12N4O2S.2ClH/c21-15-13(7-10-8-18-14-12(10)4-1-5-17-14)23-16(20-15)19-9-11-3-2-6-22-11;;/h1-8H,9H2,(H,17,18)(H,19,20,21);2*1H/b13-7-;;. The van der Waals surface area contributed by atoms with E-state index in [4.69, 9.17) is 4.42 Å². The first-order chi connectivity index (χ1) is 11.3. The lowest BCUT2D eigenvalue weighted by Crippen LogP contribution is -2.17. The molecule has 3 aromatic rings. The second-order valence-electron chi connectivity index (χ2n) is 4.91. The number of furan rings is 1. The number of thioether (sulfide) groups is 1. The van der Waals surface area contributed by atoms with E-state index in [0.717, 1.165) is 22.4 Å². The van der Waals surface area contributed by atoms with Crippen LogP contribution in [0, 0.1) is 0 Å². The summed E-state index contributed by atoms with van der Waals surface area (Å²) >= 11 is 1.32. The fraction of sp³-hybridized carbons (Fsp3) is 0.0625. The highest BCUT2D eigenvalue weighted by molar-refractivity contribution is 8.18. The zero-order valence-corrected chi connectivity index (χ0v) is 15.2. The minimum Gasteiger partial charge on any atom is -0.467 e. The zero-order chi connectivity index (χ0) is 15.6. The number of hydrogen-bond donors (Lipinski definition) is 2. The quantitative estimate of drug-likeness (QED) is 0.658. The summed E-state index contributed by atoms with van der Waals surface area (Å²) in [6.45, 7) is 0.496. The van der Waals surface area contributed by atoms with Gasteiger partial charge in [0.25, 0.3) is 5.91 Å². The van der Waals surface area contributed by atoms with Gasteiger partial charge in [-0.15, -0.1) is 24.8 Å². The van der Waals surface area contributed by atoms with Gasteiger partial charge in [-0.2, -0.15) is 4.99 Å². The molecule has 3 aromatic heterocycles. The molecule has 25 heavy (non-hydrogen) atoms. The number of aromatic nitrogens is 2. The van der Waals surface area contributed by atoms with E-state index in [1.54, 1.807) is 12.5 Å². The van der Waals surface area contributed by atoms with E-state index in [9.17, 15) is 4.79 Å². The number of pyridine rings is 1. The summed E-state index contributed by atoms with van der Waals surface area (Å²) in [4.78, 5) is 24.0. The van der Waals surface area contributed by atoms with Crippen LogP contribution < -0.4 is 5.32 Å². The third-order valence-electron chi connectivity index (χ3n) is 3.38. The Balaban J connectivity index is 0.00000113. The fourth-order valence-electron chi connectivity index (χ4n) is 2.30. The third-order valence-corrected chi connectivity index (χ3v) is 4.33. The molecule has 1 aliphatic heterocycles. The highest BCUT2D eigenvalue weighted by atomic mass is 35.5. The summed E-state index contributed by atoms with van der Waals surface area (Å²) in [7, 11) is 0. The lowest BCUT2D eigenvalue weighted by atomic mass is 10.2. The molecule has 6 nitrogen and oxygen atoms in total. The normalized spacial score (nSPS) is 15.0. The lowest BCUT2D eigenvalue weighted by molar-refractivity contribution is -0.113. The first kappa shape index (κ1) is 19.1. The number of carbonyl (C=O) groups is 1. The van der Waals surface area contributed by atoms with E-state index < -0.39 is 0 Å². The molecule has 0 fully saturated rings. The van der Waals surface area contributed by atoms with Crippen molar-refractivity contribution in [1.29, 1.82) is 0 Å². The van der Waals surface area contributed by atoms with Crippen LogP contribution in [-0.2, 0) is 11.3 Å². The van der Waals surface area contributed by atoms with Crippen LogP contribution in [0.4, 0.5) is 0 Å². The van der Waals surface area contributed by atoms with E-state index in [-0.39, 0.29) is 30.7 Å². The van der Waals surface area contributed by atoms with Crippen molar-refractivity contribution < 1.29 is 9.21 Å². The molecule has 0 atom stereocenters. The molecule has 1 aliphatic rings. The number of amides is 1. The van der Waals surface area contributed by atoms with Crippen molar-refractivity contribution in [1.82, 2.24) is 15.3 Å². The summed E-state index contributed by atoms with van der Waals surface area (Å²) in [5.74, 6) is 0.552. The average Bonchev–Trinajstić information content (AvgIpc) is 3.28. The number of carbonyl (C=O) groups excluding carboxylic acids is 1. The number of aromatic amines is 1. The largest absolute Gasteiger partial charge is 0.467 e. The monoisotopic (exact) mass is 396 g/mol. The Morgan fingerprint density at radius 1 is 1.28 bits per heavy atom. The van der Waals surface area contributed by atoms with Crippen LogP contribution in [0.1, 0.15) is 11.3 Å². The van der Waals surface area contributed by atoms with Gasteiger partial charge in [-0.1, -0.05) is 0 Å². The number of nitrogens with one attached hydrogen (secondary N) is 2. The van der Waals surface area contributed by atoms with Crippen molar-refractivity contribution in [2.45, 2.75) is 6.54 Å². The van der Waals surface area contributed by atoms with Crippen molar-refractivity contribution in [3.8, 4) is 0 Å². The first-order valence-corrected chi connectivity index (χ1v) is 7.82. The first-order valence-electron chi connectivity index (χ1n) is 7.00. The number of H-pyrrole nitrogens is 1. The van der Waals surface area contributed by atoms with Crippen LogP contribution in [0.5, 0.6) is 0 Å². The average molecular weight is 397 g/mol. The number of halogens is 2. The topological polar surface area (TPSA) is 83.3 Å². The van der Waals surface area contributed by atoms with Crippen LogP contribution in [0.25, 0.3) is 17.1 Å². The lowest BCUT2D eigenvalue weighted by Gasteiger charge is -2.01. The van der Waals surface area contributed by atoms with Crippen molar-refractivity contribution in [3.63, 3.8) is 0 Å². The molecule has 130 valence electrons. The molecule has 9 heteroatoms. The van der Waals surface area contributed by atoms with Crippen molar-refractivity contribution in [2.24, 2.45) is 4.99 Å². The fourth-order valence-corrected chi connectivity index (χ4v) is 3.10. The second kappa shape index (κ2) is 8.24. The van der Waals surface area contributed by atoms with Crippen LogP contribution in [0.15, 0.2) is 57.2 Å². The molecule has 0 spiro atoms. The SMILES string of the molecule is Cl.Cl.O=C1N=C(NCc2ccco2)S/C1=C\c1c[nH]c2ncccc12. The summed E-state index contributed by atoms with van der Waals surface area (Å²) in [6.07, 6.45) is 7.01. The Kier molecular flexibility index (Phi) is 6.30. The van der Waals surface area contributed by atoms with Gasteiger partial charge >= 0.3 is 0 Å². The van der Waals surface area contributed by atoms with Gasteiger partial charge in [0.15, 0.2) is 5.17 Å². The van der Waals surface area contributed by atoms with Gasteiger partial charge in [-0.05, 0) is 42.1 Å². The number of rotatable bonds is 3. The van der Waals surface area contributed by atoms with Gasteiger partial charge in [0.2, 0.25) is 0 Å². The zero-order valence-electron chi connectivity index (χ0n) is 12.8. The summed E-state index contributed by atoms with van der Waals surface area (Å²) in [6, 6.07) is 7.52. The molecular formula is C16H14Cl2N4O2S. The number of amidine groups is 1. The predicted octanol–water partition coefficient (Wildman–Crippen LogP) is 3.76. The maximum absolute atomic E-state index is 12.0. The minimum atomic E-state index is -0.241. The smallest absolute Gasteiger partial charge is 0.286 e. The van der Waals surface area contributed by atoms with Gasteiger partial charge in [0.05, 0.1) is 17.7 Å². The van der Waals surface area contributed by atoms with Crippen LogP contribution in [0.3, 0.4) is 0 Å². The molecular weight excluding hydrogens is 383 g/mol. The molecule has 2 N–H and O–H groups in total. The van der Waals surface area contributed by atoms with Gasteiger partial charge in [-0.25, -0.2) is 4.98 Å². The third kappa shape index (κ3) is 4.07. The molecule has 0 saturated heterocycles. The highest BCUT2D eigenvalue weighted by Crippen LogP contribution is 2.29.